The molecule has 1 atom stereocenters. The Morgan fingerprint density at radius 3 is 2.41 bits per heavy atom. The molecular weight excluding hydrogens is 280 g/mol. The molecule has 1 saturated heterocycles. The molecule has 22 heavy (non-hydrogen) atoms. The molecule has 1 aromatic rings. The average Bonchev–Trinajstić information content (AvgIpc) is 2.82. The van der Waals surface area contributed by atoms with E-state index in [-0.39, 0.29) is 17.4 Å². The third-order valence-electron chi connectivity index (χ3n) is 5.49. The molecule has 2 aliphatic rings. The Balaban J connectivity index is 1.77. The molecule has 1 aliphatic heterocycles. The van der Waals surface area contributed by atoms with E-state index in [1.165, 1.54) is 0 Å². The summed E-state index contributed by atoms with van der Waals surface area (Å²) >= 11 is 0. The molecule has 1 spiro atoms. The zero-order valence-corrected chi connectivity index (χ0v) is 14.1. The number of methoxy groups -OCH3 is 2. The third-order valence-corrected chi connectivity index (χ3v) is 5.49. The van der Waals surface area contributed by atoms with E-state index in [0.29, 0.717) is 5.92 Å². The highest BCUT2D eigenvalue weighted by atomic mass is 16.7. The van der Waals surface area contributed by atoms with Crippen molar-refractivity contribution in [3.63, 3.8) is 0 Å². The molecule has 1 saturated carbocycles. The van der Waals surface area contributed by atoms with Crippen LogP contribution in [0.15, 0.2) is 18.3 Å². The van der Waals surface area contributed by atoms with Crippen LogP contribution >= 0.6 is 0 Å². The van der Waals surface area contributed by atoms with Crippen molar-refractivity contribution >= 4 is 5.91 Å². The van der Waals surface area contributed by atoms with Gasteiger partial charge in [0.2, 0.25) is 0 Å². The Labute approximate surface area is 132 Å². The highest BCUT2D eigenvalue weighted by Gasteiger charge is 2.67. The minimum absolute atomic E-state index is 0.129. The summed E-state index contributed by atoms with van der Waals surface area (Å²) in [6.45, 7) is 5.18. The molecule has 0 N–H and O–H groups in total. The van der Waals surface area contributed by atoms with E-state index in [2.05, 4.69) is 13.8 Å². The van der Waals surface area contributed by atoms with Gasteiger partial charge in [-0.3, -0.25) is 4.79 Å². The lowest BCUT2D eigenvalue weighted by molar-refractivity contribution is -0.332. The van der Waals surface area contributed by atoms with Crippen LogP contribution in [0, 0.1) is 11.3 Å². The van der Waals surface area contributed by atoms with Gasteiger partial charge in [-0.1, -0.05) is 13.8 Å². The summed E-state index contributed by atoms with van der Waals surface area (Å²) in [5.41, 5.74) is 0.908. The lowest BCUT2D eigenvalue weighted by Crippen LogP contribution is -2.76. The van der Waals surface area contributed by atoms with Crippen molar-refractivity contribution in [3.8, 4) is 0 Å². The van der Waals surface area contributed by atoms with E-state index in [9.17, 15) is 4.79 Å². The van der Waals surface area contributed by atoms with Gasteiger partial charge in [0.1, 0.15) is 5.69 Å². The number of hydrogen-bond donors (Lipinski definition) is 0. The van der Waals surface area contributed by atoms with E-state index in [0.717, 1.165) is 25.1 Å². The second-order valence-electron chi connectivity index (χ2n) is 7.16. The monoisotopic (exact) mass is 306 g/mol. The number of hydrogen-bond acceptors (Lipinski definition) is 3. The zero-order valence-electron chi connectivity index (χ0n) is 14.1. The molecule has 5 heteroatoms. The molecule has 1 unspecified atom stereocenters. The van der Waals surface area contributed by atoms with Gasteiger partial charge in [0.25, 0.3) is 5.91 Å². The summed E-state index contributed by atoms with van der Waals surface area (Å²) in [4.78, 5) is 14.8. The van der Waals surface area contributed by atoms with Crippen LogP contribution in [0.1, 0.15) is 37.2 Å². The Hall–Kier alpha value is -1.33. The highest BCUT2D eigenvalue weighted by Crippen LogP contribution is 2.61. The molecule has 5 nitrogen and oxygen atoms in total. The maximum Gasteiger partial charge on any atom is 0.270 e. The first-order chi connectivity index (χ1) is 10.4. The Morgan fingerprint density at radius 2 is 1.95 bits per heavy atom. The molecular formula is C17H26N2O3. The summed E-state index contributed by atoms with van der Waals surface area (Å²) in [5, 5.41) is 0. The van der Waals surface area contributed by atoms with Gasteiger partial charge in [0, 0.05) is 58.3 Å². The maximum atomic E-state index is 12.8. The summed E-state index contributed by atoms with van der Waals surface area (Å²) in [7, 11) is 5.32. The van der Waals surface area contributed by atoms with Gasteiger partial charge in [-0.15, -0.1) is 0 Å². The van der Waals surface area contributed by atoms with Crippen LogP contribution in [0.3, 0.4) is 0 Å². The predicted octanol–water partition coefficient (Wildman–Crippen LogP) is 2.27. The summed E-state index contributed by atoms with van der Waals surface area (Å²) in [5.74, 6) is 0.0987. The highest BCUT2D eigenvalue weighted by molar-refractivity contribution is 5.93. The lowest BCUT2D eigenvalue weighted by atomic mass is 9.52. The summed E-state index contributed by atoms with van der Waals surface area (Å²) in [6, 6.07) is 4.06. The van der Waals surface area contributed by atoms with Crippen molar-refractivity contribution in [2.24, 2.45) is 18.4 Å². The van der Waals surface area contributed by atoms with E-state index < -0.39 is 5.79 Å². The number of amides is 1. The fraction of sp³-hybridized carbons (Fsp3) is 0.706. The van der Waals surface area contributed by atoms with Crippen molar-refractivity contribution < 1.29 is 14.3 Å². The summed E-state index contributed by atoms with van der Waals surface area (Å²) in [6.07, 6.45) is 3.65. The smallest absolute Gasteiger partial charge is 0.270 e. The Kier molecular flexibility index (Phi) is 3.61. The second kappa shape index (κ2) is 5.10. The third kappa shape index (κ3) is 2.02. The number of carbonyl (C=O) groups excluding carboxylic acids is 1. The van der Waals surface area contributed by atoms with E-state index in [1.54, 1.807) is 14.2 Å². The van der Waals surface area contributed by atoms with Crippen molar-refractivity contribution in [1.29, 1.82) is 0 Å². The topological polar surface area (TPSA) is 43.7 Å². The van der Waals surface area contributed by atoms with Crippen molar-refractivity contribution in [3.05, 3.63) is 24.0 Å². The minimum Gasteiger partial charge on any atom is -0.353 e. The second-order valence-corrected chi connectivity index (χ2v) is 7.16. The van der Waals surface area contributed by atoms with Gasteiger partial charge >= 0.3 is 0 Å². The quantitative estimate of drug-likeness (QED) is 0.802. The first kappa shape index (κ1) is 15.6. The largest absolute Gasteiger partial charge is 0.353 e. The van der Waals surface area contributed by atoms with Crippen LogP contribution in [0.5, 0.6) is 0 Å². The molecule has 2 fully saturated rings. The minimum atomic E-state index is -0.451. The number of aryl methyl sites for hydroxylation is 1. The summed E-state index contributed by atoms with van der Waals surface area (Å²) < 4.78 is 13.0. The lowest BCUT2D eigenvalue weighted by Gasteiger charge is -2.68. The average molecular weight is 306 g/mol. The van der Waals surface area contributed by atoms with Gasteiger partial charge in [-0.2, -0.15) is 0 Å². The standard InChI is InChI=1S/C17H26N2O3/c1-12(2)14-16(9-17(10-16,21-4)22-5)11-19(14)15(20)13-7-6-8-18(13)3/h6-8,12,14H,9-11H2,1-5H3. The number of aromatic nitrogens is 1. The van der Waals surface area contributed by atoms with E-state index in [1.807, 2.05) is 34.8 Å². The first-order valence-electron chi connectivity index (χ1n) is 7.91. The Bertz CT molecular complexity index is 566. The van der Waals surface area contributed by atoms with Crippen LogP contribution in [0.2, 0.25) is 0 Å². The normalized spacial score (nSPS) is 25.2. The van der Waals surface area contributed by atoms with Gasteiger partial charge in [-0.25, -0.2) is 0 Å². The molecule has 2 heterocycles. The number of carbonyl (C=O) groups is 1. The van der Waals surface area contributed by atoms with Crippen molar-refractivity contribution in [2.75, 3.05) is 20.8 Å². The van der Waals surface area contributed by atoms with Gasteiger partial charge in [0.05, 0.1) is 0 Å². The molecule has 0 bridgehead atoms. The molecule has 1 amide bonds. The fourth-order valence-electron chi connectivity index (χ4n) is 4.56. The predicted molar refractivity (Wildman–Crippen MR) is 83.5 cm³/mol. The van der Waals surface area contributed by atoms with Crippen LogP contribution in [0.4, 0.5) is 0 Å². The molecule has 1 aromatic heterocycles. The van der Waals surface area contributed by atoms with Crippen LogP contribution in [-0.4, -0.2) is 48.0 Å². The molecule has 1 aliphatic carbocycles. The molecule has 0 aromatic carbocycles. The number of ether oxygens (including phenoxy) is 2. The molecule has 122 valence electrons. The maximum absolute atomic E-state index is 12.8. The van der Waals surface area contributed by atoms with E-state index >= 15 is 0 Å². The first-order valence-corrected chi connectivity index (χ1v) is 7.91. The molecule has 3 rings (SSSR count). The Morgan fingerprint density at radius 1 is 1.32 bits per heavy atom. The number of rotatable bonds is 4. The van der Waals surface area contributed by atoms with Crippen molar-refractivity contribution in [1.82, 2.24) is 9.47 Å². The van der Waals surface area contributed by atoms with E-state index in [4.69, 9.17) is 9.47 Å². The van der Waals surface area contributed by atoms with Crippen LogP contribution in [0.25, 0.3) is 0 Å². The van der Waals surface area contributed by atoms with Crippen molar-refractivity contribution in [2.45, 2.75) is 38.5 Å². The zero-order chi connectivity index (χ0) is 16.1. The van der Waals surface area contributed by atoms with Crippen LogP contribution < -0.4 is 0 Å². The molecule has 0 radical (unpaired) electrons. The van der Waals surface area contributed by atoms with Gasteiger partial charge in [-0.05, 0) is 18.1 Å². The SMILES string of the molecule is COC1(OC)CC2(CN(C(=O)c3cccn3C)C2C(C)C)C1. The van der Waals surface area contributed by atoms with Crippen LogP contribution in [-0.2, 0) is 16.5 Å². The van der Waals surface area contributed by atoms with Gasteiger partial charge < -0.3 is 18.9 Å². The number of likely N-dealkylation sites (tertiary alicyclic amines) is 1. The fourth-order valence-corrected chi connectivity index (χ4v) is 4.56. The number of nitrogens with zero attached hydrogens (tertiary/aromatic N) is 2. The van der Waals surface area contributed by atoms with Gasteiger partial charge in [0.15, 0.2) is 5.79 Å².